The van der Waals surface area contributed by atoms with Gasteiger partial charge >= 0.3 is 6.03 Å². The van der Waals surface area contributed by atoms with Gasteiger partial charge in [0, 0.05) is 31.8 Å². The molecule has 2 heterocycles. The first-order valence-corrected chi connectivity index (χ1v) is 6.75. The number of hydrogen-bond donors (Lipinski definition) is 1. The molecule has 1 aromatic heterocycles. The number of urea groups is 1. The lowest BCUT2D eigenvalue weighted by Crippen LogP contribution is -2.33. The topological polar surface area (TPSA) is 54.5 Å². The van der Waals surface area contributed by atoms with Gasteiger partial charge in [0.25, 0.3) is 0 Å². The van der Waals surface area contributed by atoms with Crippen LogP contribution in [0.4, 0.5) is 10.5 Å². The number of hydrogen-bond acceptors (Lipinski definition) is 3. The molecule has 1 saturated heterocycles. The number of anilines is 1. The monoisotopic (exact) mass is 263 g/mol. The number of nitrogens with one attached hydrogen (secondary N) is 1. The van der Waals surface area contributed by atoms with Crippen molar-refractivity contribution < 1.29 is 9.53 Å². The molecule has 1 N–H and O–H groups in total. The van der Waals surface area contributed by atoms with E-state index < -0.39 is 0 Å². The molecule has 0 saturated carbocycles. The van der Waals surface area contributed by atoms with Crippen LogP contribution in [0.3, 0.4) is 0 Å². The van der Waals surface area contributed by atoms with Gasteiger partial charge in [0.15, 0.2) is 0 Å². The summed E-state index contributed by atoms with van der Waals surface area (Å²) in [5, 5.41) is 2.91. The molecule has 2 amide bonds. The van der Waals surface area contributed by atoms with E-state index in [0.717, 1.165) is 44.0 Å². The quantitative estimate of drug-likeness (QED) is 0.906. The Bertz CT molecular complexity index is 436. The van der Waals surface area contributed by atoms with Gasteiger partial charge in [-0.25, -0.2) is 4.79 Å². The number of ether oxygens (including phenoxy) is 1. The highest BCUT2D eigenvalue weighted by atomic mass is 16.5. The van der Waals surface area contributed by atoms with Crippen LogP contribution in [0.2, 0.25) is 0 Å². The lowest BCUT2D eigenvalue weighted by Gasteiger charge is -2.18. The van der Waals surface area contributed by atoms with E-state index in [1.165, 1.54) is 0 Å². The van der Waals surface area contributed by atoms with E-state index in [-0.39, 0.29) is 6.03 Å². The summed E-state index contributed by atoms with van der Waals surface area (Å²) in [7, 11) is 0. The Hall–Kier alpha value is -1.62. The van der Waals surface area contributed by atoms with E-state index in [9.17, 15) is 4.79 Å². The maximum Gasteiger partial charge on any atom is 0.321 e. The second-order valence-corrected chi connectivity index (χ2v) is 4.88. The summed E-state index contributed by atoms with van der Waals surface area (Å²) in [4.78, 5) is 18.0. The number of nitrogens with zero attached hydrogens (tertiary/aromatic N) is 2. The maximum absolute atomic E-state index is 12.1. The van der Waals surface area contributed by atoms with Gasteiger partial charge in [-0.3, -0.25) is 4.98 Å². The first-order valence-electron chi connectivity index (χ1n) is 6.75. The molecule has 0 bridgehead atoms. The highest BCUT2D eigenvalue weighted by Crippen LogP contribution is 2.19. The van der Waals surface area contributed by atoms with Crippen LogP contribution in [0.1, 0.15) is 18.9 Å². The van der Waals surface area contributed by atoms with Crippen LogP contribution in [0.25, 0.3) is 0 Å². The summed E-state index contributed by atoms with van der Waals surface area (Å²) in [6, 6.07) is 1.84. The number of carbonyl (C=O) groups excluding carboxylic acids is 1. The van der Waals surface area contributed by atoms with Crippen LogP contribution in [0, 0.1) is 12.8 Å². The molecular formula is C14H21N3O2. The Kier molecular flexibility index (Phi) is 4.74. The van der Waals surface area contributed by atoms with E-state index in [1.807, 2.05) is 24.8 Å². The van der Waals surface area contributed by atoms with Gasteiger partial charge in [-0.15, -0.1) is 0 Å². The molecule has 1 aromatic rings. The zero-order chi connectivity index (χ0) is 13.7. The molecule has 0 aliphatic carbocycles. The molecule has 1 atom stereocenters. The SMILES string of the molecule is CCOC[C@@H]1CCN(C(=O)Nc2cnccc2C)C1. The van der Waals surface area contributed by atoms with E-state index in [4.69, 9.17) is 4.74 Å². The fraction of sp³-hybridized carbons (Fsp3) is 0.571. The Labute approximate surface area is 114 Å². The first-order chi connectivity index (χ1) is 9.20. The van der Waals surface area contributed by atoms with Crippen molar-refractivity contribution in [2.75, 3.05) is 31.6 Å². The molecule has 104 valence electrons. The lowest BCUT2D eigenvalue weighted by atomic mass is 10.1. The smallest absolute Gasteiger partial charge is 0.321 e. The number of aromatic nitrogens is 1. The fourth-order valence-corrected chi connectivity index (χ4v) is 2.23. The van der Waals surface area contributed by atoms with Crippen LogP contribution in [0.5, 0.6) is 0 Å². The second-order valence-electron chi connectivity index (χ2n) is 4.88. The van der Waals surface area contributed by atoms with Crippen molar-refractivity contribution in [3.05, 3.63) is 24.0 Å². The third-order valence-corrected chi connectivity index (χ3v) is 3.41. The summed E-state index contributed by atoms with van der Waals surface area (Å²) in [5.41, 5.74) is 1.80. The van der Waals surface area contributed by atoms with Crippen molar-refractivity contribution in [2.24, 2.45) is 5.92 Å². The van der Waals surface area contributed by atoms with Crippen molar-refractivity contribution >= 4 is 11.7 Å². The molecule has 2 rings (SSSR count). The number of amides is 2. The Morgan fingerprint density at radius 1 is 1.63 bits per heavy atom. The molecule has 0 aromatic carbocycles. The predicted octanol–water partition coefficient (Wildman–Crippen LogP) is 2.28. The molecular weight excluding hydrogens is 242 g/mol. The summed E-state index contributed by atoms with van der Waals surface area (Å²) in [6.45, 7) is 6.99. The minimum Gasteiger partial charge on any atom is -0.381 e. The minimum atomic E-state index is -0.0462. The van der Waals surface area contributed by atoms with Crippen molar-refractivity contribution in [1.29, 1.82) is 0 Å². The molecule has 1 fully saturated rings. The maximum atomic E-state index is 12.1. The molecule has 1 aliphatic heterocycles. The van der Waals surface area contributed by atoms with Gasteiger partial charge in [-0.05, 0) is 31.9 Å². The number of rotatable bonds is 4. The van der Waals surface area contributed by atoms with Crippen LogP contribution < -0.4 is 5.32 Å². The summed E-state index contributed by atoms with van der Waals surface area (Å²) in [5.74, 6) is 0.459. The van der Waals surface area contributed by atoms with E-state index >= 15 is 0 Å². The van der Waals surface area contributed by atoms with Crippen molar-refractivity contribution in [2.45, 2.75) is 20.3 Å². The predicted molar refractivity (Wildman–Crippen MR) is 74.2 cm³/mol. The number of pyridine rings is 1. The molecule has 0 radical (unpaired) electrons. The Morgan fingerprint density at radius 2 is 2.47 bits per heavy atom. The van der Waals surface area contributed by atoms with Gasteiger partial charge < -0.3 is 15.0 Å². The zero-order valence-corrected chi connectivity index (χ0v) is 11.6. The lowest BCUT2D eigenvalue weighted by molar-refractivity contribution is 0.113. The molecule has 0 spiro atoms. The first kappa shape index (κ1) is 13.8. The molecule has 1 aliphatic rings. The Morgan fingerprint density at radius 3 is 3.21 bits per heavy atom. The van der Waals surface area contributed by atoms with Crippen molar-refractivity contribution in [3.63, 3.8) is 0 Å². The number of aryl methyl sites for hydroxylation is 1. The van der Waals surface area contributed by atoms with Crippen LogP contribution in [-0.2, 0) is 4.74 Å². The van der Waals surface area contributed by atoms with E-state index in [1.54, 1.807) is 12.4 Å². The summed E-state index contributed by atoms with van der Waals surface area (Å²) in [6.07, 6.45) is 4.42. The third-order valence-electron chi connectivity index (χ3n) is 3.41. The molecule has 0 unspecified atom stereocenters. The standard InChI is InChI=1S/C14H21N3O2/c1-3-19-10-12-5-7-17(9-12)14(18)16-13-8-15-6-4-11(13)2/h4,6,8,12H,3,5,7,9-10H2,1-2H3,(H,16,18)/t12-/m1/s1. The van der Waals surface area contributed by atoms with Crippen LogP contribution in [-0.4, -0.2) is 42.2 Å². The minimum absolute atomic E-state index is 0.0462. The van der Waals surface area contributed by atoms with Crippen molar-refractivity contribution in [1.82, 2.24) is 9.88 Å². The molecule has 5 nitrogen and oxygen atoms in total. The van der Waals surface area contributed by atoms with Crippen molar-refractivity contribution in [3.8, 4) is 0 Å². The average Bonchev–Trinajstić information content (AvgIpc) is 2.88. The fourth-order valence-electron chi connectivity index (χ4n) is 2.23. The van der Waals surface area contributed by atoms with Gasteiger partial charge in [0.1, 0.15) is 0 Å². The van der Waals surface area contributed by atoms with Gasteiger partial charge in [-0.1, -0.05) is 0 Å². The summed E-state index contributed by atoms with van der Waals surface area (Å²) < 4.78 is 5.41. The molecule has 5 heteroatoms. The van der Waals surface area contributed by atoms with Gasteiger partial charge in [0.05, 0.1) is 18.5 Å². The zero-order valence-electron chi connectivity index (χ0n) is 11.6. The number of likely N-dealkylation sites (tertiary alicyclic amines) is 1. The second kappa shape index (κ2) is 6.52. The van der Waals surface area contributed by atoms with E-state index in [2.05, 4.69) is 10.3 Å². The van der Waals surface area contributed by atoms with Crippen LogP contribution in [0.15, 0.2) is 18.5 Å². The van der Waals surface area contributed by atoms with E-state index in [0.29, 0.717) is 5.92 Å². The highest BCUT2D eigenvalue weighted by Gasteiger charge is 2.26. The molecule has 19 heavy (non-hydrogen) atoms. The summed E-state index contributed by atoms with van der Waals surface area (Å²) >= 11 is 0. The van der Waals surface area contributed by atoms with Crippen LogP contribution >= 0.6 is 0 Å². The third kappa shape index (κ3) is 3.67. The van der Waals surface area contributed by atoms with Gasteiger partial charge in [0.2, 0.25) is 0 Å². The normalized spacial score (nSPS) is 18.6. The Balaban J connectivity index is 1.86. The highest BCUT2D eigenvalue weighted by molar-refractivity contribution is 5.90. The largest absolute Gasteiger partial charge is 0.381 e. The number of carbonyl (C=O) groups is 1. The average molecular weight is 263 g/mol. The van der Waals surface area contributed by atoms with Gasteiger partial charge in [-0.2, -0.15) is 0 Å².